The normalized spacial score (nSPS) is 9.85. The lowest BCUT2D eigenvalue weighted by molar-refractivity contribution is 0.0697. The van der Waals surface area contributed by atoms with Crippen molar-refractivity contribution in [3.05, 3.63) is 29.3 Å². The number of anilines is 1. The zero-order chi connectivity index (χ0) is 15.1. The van der Waals surface area contributed by atoms with Crippen molar-refractivity contribution in [2.75, 3.05) is 18.0 Å². The van der Waals surface area contributed by atoms with E-state index in [0.29, 0.717) is 36.7 Å². The van der Waals surface area contributed by atoms with Gasteiger partial charge in [-0.15, -0.1) is 0 Å². The molecule has 0 aliphatic heterocycles. The average molecular weight is 271 g/mol. The molecular formula is C15H17N3O2. The molecule has 104 valence electrons. The molecule has 0 atom stereocenters. The van der Waals surface area contributed by atoms with Crippen LogP contribution in [0.1, 0.15) is 36.2 Å². The van der Waals surface area contributed by atoms with Gasteiger partial charge in [0.15, 0.2) is 0 Å². The Kier molecular flexibility index (Phi) is 5.56. The van der Waals surface area contributed by atoms with Crippen LogP contribution in [-0.4, -0.2) is 24.2 Å². The highest BCUT2D eigenvalue weighted by atomic mass is 16.4. The van der Waals surface area contributed by atoms with Gasteiger partial charge in [-0.25, -0.2) is 4.79 Å². The highest BCUT2D eigenvalue weighted by molar-refractivity contribution is 5.89. The molecule has 5 heteroatoms. The van der Waals surface area contributed by atoms with Crippen LogP contribution in [0.5, 0.6) is 0 Å². The summed E-state index contributed by atoms with van der Waals surface area (Å²) >= 11 is 0. The molecule has 0 unspecified atom stereocenters. The SMILES string of the molecule is CC(C)CN(CCC#N)c1ccc(C(=O)O)cc1C#N. The largest absolute Gasteiger partial charge is 0.478 e. The maximum absolute atomic E-state index is 10.9. The van der Waals surface area contributed by atoms with Crippen molar-refractivity contribution in [1.82, 2.24) is 0 Å². The van der Waals surface area contributed by atoms with E-state index in [9.17, 15) is 10.1 Å². The first-order chi connectivity index (χ1) is 9.49. The molecular weight excluding hydrogens is 254 g/mol. The Bertz CT molecular complexity index is 567. The first kappa shape index (κ1) is 15.5. The third-order valence-electron chi connectivity index (χ3n) is 2.78. The van der Waals surface area contributed by atoms with Crippen LogP contribution in [-0.2, 0) is 0 Å². The molecule has 1 rings (SSSR count). The third-order valence-corrected chi connectivity index (χ3v) is 2.78. The Morgan fingerprint density at radius 1 is 1.40 bits per heavy atom. The van der Waals surface area contributed by atoms with Gasteiger partial charge in [0.2, 0.25) is 0 Å². The molecule has 0 aliphatic carbocycles. The summed E-state index contributed by atoms with van der Waals surface area (Å²) in [5.41, 5.74) is 1.10. The minimum absolute atomic E-state index is 0.0927. The highest BCUT2D eigenvalue weighted by Gasteiger charge is 2.15. The third kappa shape index (κ3) is 4.00. The number of benzene rings is 1. The zero-order valence-electron chi connectivity index (χ0n) is 11.6. The van der Waals surface area contributed by atoms with Crippen LogP contribution >= 0.6 is 0 Å². The van der Waals surface area contributed by atoms with Gasteiger partial charge in [-0.1, -0.05) is 13.8 Å². The van der Waals surface area contributed by atoms with Crippen molar-refractivity contribution >= 4 is 11.7 Å². The number of hydrogen-bond donors (Lipinski definition) is 1. The lowest BCUT2D eigenvalue weighted by Crippen LogP contribution is -2.29. The molecule has 0 saturated carbocycles. The van der Waals surface area contributed by atoms with Crippen LogP contribution in [0.3, 0.4) is 0 Å². The van der Waals surface area contributed by atoms with Gasteiger partial charge in [0, 0.05) is 13.1 Å². The van der Waals surface area contributed by atoms with E-state index in [0.717, 1.165) is 0 Å². The molecule has 5 nitrogen and oxygen atoms in total. The fourth-order valence-corrected chi connectivity index (χ4v) is 1.97. The summed E-state index contributed by atoms with van der Waals surface area (Å²) in [4.78, 5) is 12.9. The molecule has 0 bridgehead atoms. The summed E-state index contributed by atoms with van der Waals surface area (Å²) in [6, 6.07) is 8.62. The zero-order valence-corrected chi connectivity index (χ0v) is 11.6. The van der Waals surface area contributed by atoms with Crippen molar-refractivity contribution in [3.63, 3.8) is 0 Å². The van der Waals surface area contributed by atoms with Crippen LogP contribution in [0.25, 0.3) is 0 Å². The van der Waals surface area contributed by atoms with Gasteiger partial charge in [0.1, 0.15) is 6.07 Å². The van der Waals surface area contributed by atoms with Gasteiger partial charge < -0.3 is 10.0 Å². The van der Waals surface area contributed by atoms with Crippen LogP contribution in [0, 0.1) is 28.6 Å². The number of hydrogen-bond acceptors (Lipinski definition) is 4. The van der Waals surface area contributed by atoms with E-state index in [1.807, 2.05) is 11.0 Å². The van der Waals surface area contributed by atoms with Crippen LogP contribution < -0.4 is 4.90 Å². The van der Waals surface area contributed by atoms with Crippen molar-refractivity contribution in [3.8, 4) is 12.1 Å². The van der Waals surface area contributed by atoms with Crippen LogP contribution in [0.15, 0.2) is 18.2 Å². The van der Waals surface area contributed by atoms with Gasteiger partial charge in [-0.3, -0.25) is 0 Å². The lowest BCUT2D eigenvalue weighted by Gasteiger charge is -2.26. The monoisotopic (exact) mass is 271 g/mol. The van der Waals surface area contributed by atoms with Crippen LogP contribution in [0.2, 0.25) is 0 Å². The molecule has 0 aromatic heterocycles. The van der Waals surface area contributed by atoms with Crippen molar-refractivity contribution in [2.24, 2.45) is 5.92 Å². The minimum Gasteiger partial charge on any atom is -0.478 e. The molecule has 0 fully saturated rings. The molecule has 1 N–H and O–H groups in total. The number of aromatic carboxylic acids is 1. The van der Waals surface area contributed by atoms with E-state index in [1.54, 1.807) is 6.07 Å². The topological polar surface area (TPSA) is 88.1 Å². The minimum atomic E-state index is -1.06. The number of nitrogens with zero attached hydrogens (tertiary/aromatic N) is 3. The maximum Gasteiger partial charge on any atom is 0.335 e. The second kappa shape index (κ2) is 7.16. The summed E-state index contributed by atoms with van der Waals surface area (Å²) < 4.78 is 0. The molecule has 0 amide bonds. The Balaban J connectivity index is 3.15. The Morgan fingerprint density at radius 3 is 2.60 bits per heavy atom. The predicted molar refractivity (Wildman–Crippen MR) is 75.4 cm³/mol. The Morgan fingerprint density at radius 2 is 2.10 bits per heavy atom. The molecule has 0 heterocycles. The first-order valence-electron chi connectivity index (χ1n) is 6.39. The molecule has 0 spiro atoms. The van der Waals surface area contributed by atoms with E-state index in [-0.39, 0.29) is 5.56 Å². The quantitative estimate of drug-likeness (QED) is 0.859. The van der Waals surface area contributed by atoms with Crippen molar-refractivity contribution < 1.29 is 9.90 Å². The summed E-state index contributed by atoms with van der Waals surface area (Å²) in [5, 5.41) is 26.9. The van der Waals surface area contributed by atoms with E-state index >= 15 is 0 Å². The van der Waals surface area contributed by atoms with Gasteiger partial charge in [-0.05, 0) is 24.1 Å². The van der Waals surface area contributed by atoms with Gasteiger partial charge in [0.05, 0.1) is 29.3 Å². The fourth-order valence-electron chi connectivity index (χ4n) is 1.97. The Labute approximate surface area is 118 Å². The second-order valence-corrected chi connectivity index (χ2v) is 4.90. The lowest BCUT2D eigenvalue weighted by atomic mass is 10.1. The van der Waals surface area contributed by atoms with E-state index < -0.39 is 5.97 Å². The second-order valence-electron chi connectivity index (χ2n) is 4.90. The number of rotatable bonds is 6. The summed E-state index contributed by atoms with van der Waals surface area (Å²) in [6.07, 6.45) is 0.359. The molecule has 0 saturated heterocycles. The summed E-state index contributed by atoms with van der Waals surface area (Å²) in [5.74, 6) is -0.681. The maximum atomic E-state index is 10.9. The van der Waals surface area contributed by atoms with Gasteiger partial charge in [-0.2, -0.15) is 10.5 Å². The smallest absolute Gasteiger partial charge is 0.335 e. The van der Waals surface area contributed by atoms with Crippen molar-refractivity contribution in [2.45, 2.75) is 20.3 Å². The standard InChI is InChI=1S/C15H17N3O2/c1-11(2)10-18(7-3-6-16)14-5-4-12(15(19)20)8-13(14)9-17/h4-5,8,11H,3,7,10H2,1-2H3,(H,19,20). The van der Waals surface area contributed by atoms with Gasteiger partial charge in [0.25, 0.3) is 0 Å². The van der Waals surface area contributed by atoms with Gasteiger partial charge >= 0.3 is 5.97 Å². The molecule has 1 aromatic carbocycles. The molecule has 20 heavy (non-hydrogen) atoms. The number of nitriles is 2. The van der Waals surface area contributed by atoms with E-state index in [4.69, 9.17) is 10.4 Å². The average Bonchev–Trinajstić information content (AvgIpc) is 2.42. The number of carboxylic acids is 1. The molecule has 0 radical (unpaired) electrons. The van der Waals surface area contributed by atoms with Crippen molar-refractivity contribution in [1.29, 1.82) is 10.5 Å². The predicted octanol–water partition coefficient (Wildman–Crippen LogP) is 2.63. The van der Waals surface area contributed by atoms with Crippen LogP contribution in [0.4, 0.5) is 5.69 Å². The van der Waals surface area contributed by atoms with E-state index in [1.165, 1.54) is 12.1 Å². The summed E-state index contributed by atoms with van der Waals surface area (Å²) in [6.45, 7) is 5.34. The Hall–Kier alpha value is -2.53. The highest BCUT2D eigenvalue weighted by Crippen LogP contribution is 2.23. The fraction of sp³-hybridized carbons (Fsp3) is 0.400. The molecule has 0 aliphatic rings. The first-order valence-corrected chi connectivity index (χ1v) is 6.39. The molecule has 1 aromatic rings. The number of carbonyl (C=O) groups is 1. The summed E-state index contributed by atoms with van der Waals surface area (Å²) in [7, 11) is 0. The number of carboxylic acid groups (broad SMARTS) is 1. The van der Waals surface area contributed by atoms with E-state index in [2.05, 4.69) is 19.9 Å².